The Balaban J connectivity index is 2.79. The molecule has 1 atom stereocenters. The molecule has 0 aliphatic carbocycles. The van der Waals surface area contributed by atoms with Crippen molar-refractivity contribution in [1.29, 1.82) is 0 Å². The van der Waals surface area contributed by atoms with E-state index in [0.717, 1.165) is 6.42 Å². The van der Waals surface area contributed by atoms with Crippen LogP contribution in [0.15, 0.2) is 0 Å². The standard InChI is InChI=1S/C9H17NO2/c1-5-9(4)7(11)12-6-8(2,3)10-9/h10H,5-6H2,1-4H3/t9-/m0/s1. The summed E-state index contributed by atoms with van der Waals surface area (Å²) in [6.07, 6.45) is 0.759. The summed E-state index contributed by atoms with van der Waals surface area (Å²) in [5.41, 5.74) is -0.597. The predicted molar refractivity (Wildman–Crippen MR) is 46.9 cm³/mol. The first-order valence-electron chi connectivity index (χ1n) is 4.36. The third-order valence-electron chi connectivity index (χ3n) is 2.34. The molecule has 1 rings (SSSR count). The molecule has 1 fully saturated rings. The topological polar surface area (TPSA) is 38.3 Å². The van der Waals surface area contributed by atoms with Gasteiger partial charge in [0.25, 0.3) is 0 Å². The maximum Gasteiger partial charge on any atom is 0.326 e. The molecule has 0 aromatic carbocycles. The summed E-state index contributed by atoms with van der Waals surface area (Å²) in [4.78, 5) is 11.4. The lowest BCUT2D eigenvalue weighted by atomic mass is 9.91. The Morgan fingerprint density at radius 2 is 2.08 bits per heavy atom. The summed E-state index contributed by atoms with van der Waals surface area (Å²) in [6, 6.07) is 0. The van der Waals surface area contributed by atoms with E-state index in [-0.39, 0.29) is 11.5 Å². The molecule has 1 aliphatic heterocycles. The molecular weight excluding hydrogens is 154 g/mol. The van der Waals surface area contributed by atoms with Crippen molar-refractivity contribution >= 4 is 5.97 Å². The Bertz CT molecular complexity index is 201. The van der Waals surface area contributed by atoms with Gasteiger partial charge in [-0.1, -0.05) is 6.92 Å². The number of nitrogens with one attached hydrogen (secondary N) is 1. The number of carbonyl (C=O) groups is 1. The van der Waals surface area contributed by atoms with Crippen LogP contribution in [0, 0.1) is 0 Å². The van der Waals surface area contributed by atoms with Crippen molar-refractivity contribution in [3.05, 3.63) is 0 Å². The molecule has 0 unspecified atom stereocenters. The molecule has 1 aliphatic rings. The van der Waals surface area contributed by atoms with Crippen LogP contribution in [-0.4, -0.2) is 23.7 Å². The Morgan fingerprint density at radius 3 is 2.50 bits per heavy atom. The number of carbonyl (C=O) groups excluding carboxylic acids is 1. The molecule has 3 nitrogen and oxygen atoms in total. The maximum atomic E-state index is 11.4. The summed E-state index contributed by atoms with van der Waals surface area (Å²) in [6.45, 7) is 8.40. The van der Waals surface area contributed by atoms with E-state index in [1.807, 2.05) is 27.7 Å². The first kappa shape index (κ1) is 9.52. The van der Waals surface area contributed by atoms with Gasteiger partial charge < -0.3 is 4.74 Å². The SMILES string of the molecule is CC[C@]1(C)NC(C)(C)COC1=O. The second kappa shape index (κ2) is 2.73. The minimum Gasteiger partial charge on any atom is -0.462 e. The Kier molecular flexibility index (Phi) is 2.17. The smallest absolute Gasteiger partial charge is 0.326 e. The number of ether oxygens (including phenoxy) is 1. The van der Waals surface area contributed by atoms with E-state index >= 15 is 0 Å². The highest BCUT2D eigenvalue weighted by Crippen LogP contribution is 2.22. The molecule has 3 heteroatoms. The lowest BCUT2D eigenvalue weighted by Crippen LogP contribution is -2.64. The van der Waals surface area contributed by atoms with E-state index in [9.17, 15) is 4.79 Å². The second-order valence-electron chi connectivity index (χ2n) is 4.27. The highest BCUT2D eigenvalue weighted by Gasteiger charge is 2.42. The van der Waals surface area contributed by atoms with Crippen LogP contribution in [0.1, 0.15) is 34.1 Å². The molecule has 1 saturated heterocycles. The van der Waals surface area contributed by atoms with Gasteiger partial charge in [-0.25, -0.2) is 0 Å². The van der Waals surface area contributed by atoms with Gasteiger partial charge >= 0.3 is 5.97 Å². The highest BCUT2D eigenvalue weighted by molar-refractivity contribution is 5.81. The van der Waals surface area contributed by atoms with E-state index < -0.39 is 5.54 Å². The normalized spacial score (nSPS) is 34.5. The first-order valence-corrected chi connectivity index (χ1v) is 4.36. The number of rotatable bonds is 1. The van der Waals surface area contributed by atoms with Crippen LogP contribution in [0.25, 0.3) is 0 Å². The molecule has 70 valence electrons. The van der Waals surface area contributed by atoms with Crippen LogP contribution in [0.3, 0.4) is 0 Å². The molecule has 0 spiro atoms. The van der Waals surface area contributed by atoms with Crippen molar-refractivity contribution in [2.24, 2.45) is 0 Å². The number of morpholine rings is 1. The van der Waals surface area contributed by atoms with Crippen molar-refractivity contribution in [3.8, 4) is 0 Å². The molecule has 0 amide bonds. The zero-order chi connectivity index (χ0) is 9.41. The fourth-order valence-corrected chi connectivity index (χ4v) is 1.47. The maximum absolute atomic E-state index is 11.4. The van der Waals surface area contributed by atoms with Crippen molar-refractivity contribution in [2.45, 2.75) is 45.2 Å². The largest absolute Gasteiger partial charge is 0.462 e. The Hall–Kier alpha value is -0.570. The fraction of sp³-hybridized carbons (Fsp3) is 0.889. The highest BCUT2D eigenvalue weighted by atomic mass is 16.5. The monoisotopic (exact) mass is 171 g/mol. The average Bonchev–Trinajstić information content (AvgIpc) is 1.97. The van der Waals surface area contributed by atoms with E-state index in [0.29, 0.717) is 6.61 Å². The molecule has 0 bridgehead atoms. The van der Waals surface area contributed by atoms with Crippen LogP contribution in [0.5, 0.6) is 0 Å². The fourth-order valence-electron chi connectivity index (χ4n) is 1.47. The Morgan fingerprint density at radius 1 is 1.50 bits per heavy atom. The Labute approximate surface area is 73.5 Å². The van der Waals surface area contributed by atoms with E-state index in [4.69, 9.17) is 4.74 Å². The van der Waals surface area contributed by atoms with Gasteiger partial charge in [-0.15, -0.1) is 0 Å². The average molecular weight is 171 g/mol. The lowest BCUT2D eigenvalue weighted by molar-refractivity contribution is -0.161. The predicted octanol–water partition coefficient (Wildman–Crippen LogP) is 1.08. The van der Waals surface area contributed by atoms with E-state index in [1.54, 1.807) is 0 Å². The van der Waals surface area contributed by atoms with Crippen LogP contribution in [0.2, 0.25) is 0 Å². The number of hydrogen-bond donors (Lipinski definition) is 1. The molecule has 0 aromatic heterocycles. The molecule has 12 heavy (non-hydrogen) atoms. The van der Waals surface area contributed by atoms with Crippen molar-refractivity contribution < 1.29 is 9.53 Å². The summed E-state index contributed by atoms with van der Waals surface area (Å²) in [5, 5.41) is 3.29. The summed E-state index contributed by atoms with van der Waals surface area (Å²) < 4.78 is 5.10. The molecule has 0 radical (unpaired) electrons. The number of cyclic esters (lactones) is 1. The number of esters is 1. The molecule has 1 heterocycles. The third kappa shape index (κ3) is 1.61. The first-order chi connectivity index (χ1) is 5.40. The second-order valence-corrected chi connectivity index (χ2v) is 4.27. The minimum absolute atomic E-state index is 0.0985. The van der Waals surface area contributed by atoms with Gasteiger partial charge in [0.05, 0.1) is 0 Å². The molecular formula is C9H17NO2. The van der Waals surface area contributed by atoms with Gasteiger partial charge in [-0.05, 0) is 27.2 Å². The van der Waals surface area contributed by atoms with Gasteiger partial charge in [-0.2, -0.15) is 0 Å². The van der Waals surface area contributed by atoms with Crippen molar-refractivity contribution in [3.63, 3.8) is 0 Å². The van der Waals surface area contributed by atoms with Crippen molar-refractivity contribution in [2.75, 3.05) is 6.61 Å². The summed E-state index contributed by atoms with van der Waals surface area (Å²) in [5.74, 6) is -0.135. The zero-order valence-corrected chi connectivity index (χ0v) is 8.23. The summed E-state index contributed by atoms with van der Waals surface area (Å²) in [7, 11) is 0. The van der Waals surface area contributed by atoms with Gasteiger partial charge in [0, 0.05) is 5.54 Å². The van der Waals surface area contributed by atoms with Crippen LogP contribution >= 0.6 is 0 Å². The molecule has 1 N–H and O–H groups in total. The lowest BCUT2D eigenvalue weighted by Gasteiger charge is -2.41. The number of hydrogen-bond acceptors (Lipinski definition) is 3. The van der Waals surface area contributed by atoms with Crippen LogP contribution < -0.4 is 5.32 Å². The third-order valence-corrected chi connectivity index (χ3v) is 2.34. The molecule has 0 saturated carbocycles. The molecule has 0 aromatic rings. The van der Waals surface area contributed by atoms with Crippen LogP contribution in [-0.2, 0) is 9.53 Å². The van der Waals surface area contributed by atoms with Crippen molar-refractivity contribution in [1.82, 2.24) is 5.32 Å². The van der Waals surface area contributed by atoms with Gasteiger partial charge in [-0.3, -0.25) is 10.1 Å². The van der Waals surface area contributed by atoms with Gasteiger partial charge in [0.2, 0.25) is 0 Å². The van der Waals surface area contributed by atoms with E-state index in [1.165, 1.54) is 0 Å². The van der Waals surface area contributed by atoms with E-state index in [2.05, 4.69) is 5.32 Å². The van der Waals surface area contributed by atoms with Gasteiger partial charge in [0.15, 0.2) is 0 Å². The summed E-state index contributed by atoms with van der Waals surface area (Å²) >= 11 is 0. The quantitative estimate of drug-likeness (QED) is 0.600. The minimum atomic E-state index is -0.498. The zero-order valence-electron chi connectivity index (χ0n) is 8.23. The van der Waals surface area contributed by atoms with Crippen LogP contribution in [0.4, 0.5) is 0 Å². The van der Waals surface area contributed by atoms with Gasteiger partial charge in [0.1, 0.15) is 12.1 Å².